The summed E-state index contributed by atoms with van der Waals surface area (Å²) in [5, 5.41) is 14.4. The van der Waals surface area contributed by atoms with Gasteiger partial charge in [-0.1, -0.05) is 29.8 Å². The molecule has 194 valence electrons. The van der Waals surface area contributed by atoms with E-state index >= 15 is 0 Å². The Balaban J connectivity index is 1.56. The zero-order valence-electron chi connectivity index (χ0n) is 21.2. The minimum Gasteiger partial charge on any atom is -0.504 e. The molecule has 1 heterocycles. The van der Waals surface area contributed by atoms with Crippen LogP contribution in [-0.2, 0) is 14.3 Å². The molecule has 1 saturated carbocycles. The van der Waals surface area contributed by atoms with E-state index in [1.807, 2.05) is 38.1 Å². The van der Waals surface area contributed by atoms with Crippen molar-refractivity contribution in [3.05, 3.63) is 81.2 Å². The van der Waals surface area contributed by atoms with Gasteiger partial charge in [-0.05, 0) is 87.3 Å². The molecule has 0 radical (unpaired) electrons. The number of rotatable bonds is 6. The van der Waals surface area contributed by atoms with Crippen LogP contribution in [0.15, 0.2) is 65.0 Å². The SMILES string of the molecule is CCOc1cc([C@@H]2C(C(=O)OC3CCCC3)=C(C)NC3=C2C(=O)C[C@@H](c2ccc(Cl)cc2)C3)ccc1O. The largest absolute Gasteiger partial charge is 0.504 e. The third-order valence-electron chi connectivity index (χ3n) is 7.58. The summed E-state index contributed by atoms with van der Waals surface area (Å²) in [4.78, 5) is 27.4. The van der Waals surface area contributed by atoms with E-state index < -0.39 is 11.9 Å². The molecule has 2 N–H and O–H groups in total. The summed E-state index contributed by atoms with van der Waals surface area (Å²) in [5.74, 6) is -0.666. The van der Waals surface area contributed by atoms with Gasteiger partial charge in [0.1, 0.15) is 6.10 Å². The second-order valence-corrected chi connectivity index (χ2v) is 10.5. The second kappa shape index (κ2) is 10.6. The molecular formula is C30H32ClNO5. The lowest BCUT2D eigenvalue weighted by Crippen LogP contribution is -2.36. The molecule has 1 aliphatic heterocycles. The average Bonchev–Trinajstić information content (AvgIpc) is 3.38. The monoisotopic (exact) mass is 521 g/mol. The van der Waals surface area contributed by atoms with Crippen molar-refractivity contribution in [2.45, 2.75) is 70.3 Å². The van der Waals surface area contributed by atoms with Gasteiger partial charge < -0.3 is 19.9 Å². The van der Waals surface area contributed by atoms with E-state index in [-0.39, 0.29) is 23.6 Å². The average molecular weight is 522 g/mol. The maximum atomic E-state index is 13.8. The van der Waals surface area contributed by atoms with E-state index in [9.17, 15) is 14.7 Å². The Kier molecular flexibility index (Phi) is 7.29. The van der Waals surface area contributed by atoms with Gasteiger partial charge in [0.15, 0.2) is 17.3 Å². The molecule has 0 amide bonds. The van der Waals surface area contributed by atoms with Crippen LogP contribution in [-0.4, -0.2) is 29.6 Å². The van der Waals surface area contributed by atoms with Gasteiger partial charge >= 0.3 is 5.97 Å². The Bertz CT molecular complexity index is 1270. The van der Waals surface area contributed by atoms with Gasteiger partial charge in [-0.2, -0.15) is 0 Å². The van der Waals surface area contributed by atoms with Crippen LogP contribution in [0.25, 0.3) is 0 Å². The highest BCUT2D eigenvalue weighted by Gasteiger charge is 2.42. The number of Topliss-reactive ketones (excluding diaryl/α,β-unsaturated/α-hetero) is 1. The van der Waals surface area contributed by atoms with Crippen LogP contribution < -0.4 is 10.1 Å². The van der Waals surface area contributed by atoms with Gasteiger partial charge in [0.05, 0.1) is 12.2 Å². The number of ether oxygens (including phenoxy) is 2. The molecule has 7 heteroatoms. The molecule has 2 aliphatic carbocycles. The summed E-state index contributed by atoms with van der Waals surface area (Å²) in [6, 6.07) is 12.7. The number of carbonyl (C=O) groups excluding carboxylic acids is 2. The Morgan fingerprint density at radius 3 is 2.49 bits per heavy atom. The summed E-state index contributed by atoms with van der Waals surface area (Å²) in [6.07, 6.45) is 4.69. The van der Waals surface area contributed by atoms with Crippen LogP contribution in [0, 0.1) is 0 Å². The Hall–Kier alpha value is -3.25. The Labute approximate surface area is 222 Å². The second-order valence-electron chi connectivity index (χ2n) is 10.0. The first kappa shape index (κ1) is 25.4. The van der Waals surface area contributed by atoms with Crippen LogP contribution in [0.3, 0.4) is 0 Å². The zero-order valence-corrected chi connectivity index (χ0v) is 21.9. The number of benzene rings is 2. The van der Waals surface area contributed by atoms with Crippen molar-refractivity contribution in [3.8, 4) is 11.5 Å². The van der Waals surface area contributed by atoms with Gasteiger partial charge in [0.2, 0.25) is 0 Å². The molecule has 0 aromatic heterocycles. The van der Waals surface area contributed by atoms with E-state index in [1.165, 1.54) is 0 Å². The Morgan fingerprint density at radius 2 is 1.78 bits per heavy atom. The molecule has 2 aromatic rings. The third kappa shape index (κ3) is 5.12. The molecule has 2 aromatic carbocycles. The minimum atomic E-state index is -0.608. The number of phenolic OH excluding ortho intramolecular Hbond substituents is 1. The predicted molar refractivity (Wildman–Crippen MR) is 142 cm³/mol. The topological polar surface area (TPSA) is 84.9 Å². The summed E-state index contributed by atoms with van der Waals surface area (Å²) < 4.78 is 11.6. The highest BCUT2D eigenvalue weighted by Crippen LogP contribution is 2.47. The van der Waals surface area contributed by atoms with Crippen molar-refractivity contribution < 1.29 is 24.2 Å². The highest BCUT2D eigenvalue weighted by atomic mass is 35.5. The van der Waals surface area contributed by atoms with E-state index in [0.717, 1.165) is 36.9 Å². The number of hydrogen-bond donors (Lipinski definition) is 2. The fourth-order valence-electron chi connectivity index (χ4n) is 5.82. The standard InChI is InChI=1S/C30H32ClNO5/c1-3-36-26-16-19(10-13-24(26)33)28-27(30(35)37-22-6-4-5-7-22)17(2)32-23-14-20(15-25(34)29(23)28)18-8-11-21(31)12-9-18/h8-13,16,20,22,28,32-33H,3-7,14-15H2,1-2H3/t20-,28+/m0/s1. The zero-order chi connectivity index (χ0) is 26.1. The van der Waals surface area contributed by atoms with E-state index in [2.05, 4.69) is 5.32 Å². The Morgan fingerprint density at radius 1 is 1.08 bits per heavy atom. The van der Waals surface area contributed by atoms with Gasteiger partial charge in [-0.3, -0.25) is 4.79 Å². The molecule has 0 bridgehead atoms. The number of phenols is 1. The predicted octanol–water partition coefficient (Wildman–Crippen LogP) is 6.29. The molecule has 0 spiro atoms. The van der Waals surface area contributed by atoms with E-state index in [4.69, 9.17) is 21.1 Å². The maximum Gasteiger partial charge on any atom is 0.337 e. The fourth-order valence-corrected chi connectivity index (χ4v) is 5.94. The molecule has 6 nitrogen and oxygen atoms in total. The quantitative estimate of drug-likeness (QED) is 0.434. The first-order valence-electron chi connectivity index (χ1n) is 13.0. The molecular weight excluding hydrogens is 490 g/mol. The maximum absolute atomic E-state index is 13.8. The van der Waals surface area contributed by atoms with Gasteiger partial charge in [-0.15, -0.1) is 0 Å². The summed E-state index contributed by atoms with van der Waals surface area (Å²) >= 11 is 6.08. The number of aromatic hydroxyl groups is 1. The lowest BCUT2D eigenvalue weighted by Gasteiger charge is -2.37. The number of carbonyl (C=O) groups is 2. The fraction of sp³-hybridized carbons (Fsp3) is 0.400. The van der Waals surface area contributed by atoms with Crippen LogP contribution in [0.1, 0.15) is 75.3 Å². The van der Waals surface area contributed by atoms with Crippen molar-refractivity contribution in [1.29, 1.82) is 0 Å². The van der Waals surface area contributed by atoms with Crippen LogP contribution in [0.4, 0.5) is 0 Å². The van der Waals surface area contributed by atoms with Gasteiger partial charge in [-0.25, -0.2) is 4.79 Å². The highest BCUT2D eigenvalue weighted by molar-refractivity contribution is 6.30. The van der Waals surface area contributed by atoms with Crippen LogP contribution in [0.2, 0.25) is 5.02 Å². The van der Waals surface area contributed by atoms with Crippen molar-refractivity contribution in [2.75, 3.05) is 6.61 Å². The van der Waals surface area contributed by atoms with E-state index in [0.29, 0.717) is 52.6 Å². The summed E-state index contributed by atoms with van der Waals surface area (Å²) in [6.45, 7) is 4.08. The number of dihydropyridines is 1. The number of halogens is 1. The molecule has 0 saturated heterocycles. The minimum absolute atomic E-state index is 0.00950. The molecule has 3 aliphatic rings. The van der Waals surface area contributed by atoms with Crippen molar-refractivity contribution in [2.24, 2.45) is 0 Å². The molecule has 37 heavy (non-hydrogen) atoms. The van der Waals surface area contributed by atoms with E-state index in [1.54, 1.807) is 18.2 Å². The smallest absolute Gasteiger partial charge is 0.337 e. The lowest BCUT2D eigenvalue weighted by molar-refractivity contribution is -0.144. The number of ketones is 1. The van der Waals surface area contributed by atoms with Crippen molar-refractivity contribution >= 4 is 23.4 Å². The summed E-state index contributed by atoms with van der Waals surface area (Å²) in [5.41, 5.74) is 4.30. The first-order valence-corrected chi connectivity index (χ1v) is 13.4. The van der Waals surface area contributed by atoms with Gasteiger partial charge in [0, 0.05) is 34.3 Å². The molecule has 5 rings (SSSR count). The number of allylic oxidation sites excluding steroid dienone is 3. The third-order valence-corrected chi connectivity index (χ3v) is 7.83. The molecule has 2 atom stereocenters. The van der Waals surface area contributed by atoms with Gasteiger partial charge in [0.25, 0.3) is 0 Å². The molecule has 0 unspecified atom stereocenters. The number of hydrogen-bond acceptors (Lipinski definition) is 6. The first-order chi connectivity index (χ1) is 17.9. The van der Waals surface area contributed by atoms with Crippen LogP contribution >= 0.6 is 11.6 Å². The van der Waals surface area contributed by atoms with Crippen molar-refractivity contribution in [3.63, 3.8) is 0 Å². The van der Waals surface area contributed by atoms with Crippen LogP contribution in [0.5, 0.6) is 11.5 Å². The summed E-state index contributed by atoms with van der Waals surface area (Å²) in [7, 11) is 0. The lowest BCUT2D eigenvalue weighted by atomic mass is 9.71. The van der Waals surface area contributed by atoms with Crippen molar-refractivity contribution in [1.82, 2.24) is 5.32 Å². The normalized spacial score (nSPS) is 22.1. The molecule has 1 fully saturated rings. The number of nitrogens with one attached hydrogen (secondary N) is 1. The number of esters is 1.